The standard InChI is InChI=1S/C68H118NO8P/c1-6-8-10-12-14-16-18-20-21-22-23-24-25-26-27-28-29-30-31-32-33-34-35-36-37-38-39-40-41-42-43-44-45-46-47-49-51-53-55-57-59-61-68(71)77-66(65-76-78(72,73)75-63-62-69(3,4)5)64-74-67(70)60-58-56-54-52-50-48-19-17-15-13-11-9-7-2/h8,10,14,16,20-21,23-24,26-27,29-30,32-33,35-36,38-39,66H,6-7,9,11-13,15,17-19,22,25,28,31,34,37,40-65H2,1-5H3/p+1/b10-8-,16-14-,21-20-,24-23-,27-26-,30-29-,33-32-,36-35-,39-38-. The van der Waals surface area contributed by atoms with Gasteiger partial charge in [0.1, 0.15) is 19.8 Å². The molecular formula is C68H119NO8P+. The third-order valence-corrected chi connectivity index (χ3v) is 14.3. The third kappa shape index (κ3) is 61.9. The van der Waals surface area contributed by atoms with E-state index >= 15 is 0 Å². The number of nitrogens with zero attached hydrogens (tertiary/aromatic N) is 1. The van der Waals surface area contributed by atoms with Crippen molar-refractivity contribution in [3.05, 3.63) is 109 Å². The molecule has 1 N–H and O–H groups in total. The molecule has 0 aliphatic rings. The minimum absolute atomic E-state index is 0.0295. The van der Waals surface area contributed by atoms with Gasteiger partial charge in [-0.15, -0.1) is 0 Å². The van der Waals surface area contributed by atoms with Crippen LogP contribution in [0.3, 0.4) is 0 Å². The molecule has 9 nitrogen and oxygen atoms in total. The van der Waals surface area contributed by atoms with Gasteiger partial charge in [-0.2, -0.15) is 0 Å². The Morgan fingerprint density at radius 3 is 1.09 bits per heavy atom. The molecular weight excluding hydrogens is 990 g/mol. The predicted octanol–water partition coefficient (Wildman–Crippen LogP) is 20.2. The summed E-state index contributed by atoms with van der Waals surface area (Å²) in [5, 5.41) is 0. The fourth-order valence-electron chi connectivity index (χ4n) is 8.48. The largest absolute Gasteiger partial charge is 0.472 e. The van der Waals surface area contributed by atoms with Crippen LogP contribution in [-0.4, -0.2) is 74.9 Å². The Labute approximate surface area is 480 Å². The third-order valence-electron chi connectivity index (χ3n) is 13.3. The molecule has 0 aromatic rings. The van der Waals surface area contributed by atoms with E-state index in [0.717, 1.165) is 96.3 Å². The summed E-state index contributed by atoms with van der Waals surface area (Å²) in [6.45, 7) is 4.32. The van der Waals surface area contributed by atoms with Gasteiger partial charge in [-0.05, 0) is 83.5 Å². The van der Waals surface area contributed by atoms with Crippen LogP contribution >= 0.6 is 7.82 Å². The van der Waals surface area contributed by atoms with Crippen molar-refractivity contribution in [3.63, 3.8) is 0 Å². The Bertz CT molecular complexity index is 1680. The highest BCUT2D eigenvalue weighted by Gasteiger charge is 2.27. The summed E-state index contributed by atoms with van der Waals surface area (Å²) in [7, 11) is 1.48. The minimum Gasteiger partial charge on any atom is -0.462 e. The van der Waals surface area contributed by atoms with Crippen LogP contribution in [-0.2, 0) is 32.7 Å². The van der Waals surface area contributed by atoms with E-state index in [9.17, 15) is 19.0 Å². The van der Waals surface area contributed by atoms with Gasteiger partial charge in [-0.3, -0.25) is 18.6 Å². The van der Waals surface area contributed by atoms with Crippen molar-refractivity contribution < 1.29 is 42.1 Å². The zero-order chi connectivity index (χ0) is 57.0. The van der Waals surface area contributed by atoms with Gasteiger partial charge in [0.25, 0.3) is 0 Å². The highest BCUT2D eigenvalue weighted by atomic mass is 31.2. The molecule has 0 aromatic carbocycles. The van der Waals surface area contributed by atoms with E-state index in [1.54, 1.807) is 0 Å². The van der Waals surface area contributed by atoms with Crippen LogP contribution in [0, 0.1) is 0 Å². The number of carbonyl (C=O) groups excluding carboxylic acids is 2. The first-order chi connectivity index (χ1) is 38.0. The molecule has 0 saturated carbocycles. The lowest BCUT2D eigenvalue weighted by atomic mass is 10.0. The first kappa shape index (κ1) is 74.7. The summed E-state index contributed by atoms with van der Waals surface area (Å²) in [4.78, 5) is 35.6. The van der Waals surface area contributed by atoms with Crippen molar-refractivity contribution in [1.82, 2.24) is 0 Å². The predicted molar refractivity (Wildman–Crippen MR) is 335 cm³/mol. The van der Waals surface area contributed by atoms with Crippen molar-refractivity contribution in [2.24, 2.45) is 0 Å². The normalized spacial score (nSPS) is 14.0. The second kappa shape index (κ2) is 58.3. The second-order valence-electron chi connectivity index (χ2n) is 22.1. The SMILES string of the molecule is CC/C=C\C/C=C\C/C=C\C/C=C\C/C=C\C/C=C\C/C=C\C/C=C\C/C=C\CCCCCCCCCCCCCCCC(=O)OC(COC(=O)CCCCCCCCCCCCCCC)COP(=O)(O)OCC[N+](C)(C)C. The molecule has 0 amide bonds. The van der Waals surface area contributed by atoms with Gasteiger partial charge >= 0.3 is 19.8 Å². The van der Waals surface area contributed by atoms with Crippen LogP contribution in [0.25, 0.3) is 0 Å². The maximum absolute atomic E-state index is 12.8. The first-order valence-electron chi connectivity index (χ1n) is 31.6. The quantitative estimate of drug-likeness (QED) is 0.0211. The number of carbonyl (C=O) groups is 2. The smallest absolute Gasteiger partial charge is 0.462 e. The van der Waals surface area contributed by atoms with Crippen molar-refractivity contribution >= 4 is 19.8 Å². The summed E-state index contributed by atoms with van der Waals surface area (Å²) < 4.78 is 34.5. The number of likely N-dealkylation sites (N-methyl/N-ethyl adjacent to an activating group) is 1. The summed E-state index contributed by atoms with van der Waals surface area (Å²) in [6.07, 6.45) is 81.8. The van der Waals surface area contributed by atoms with E-state index in [-0.39, 0.29) is 32.0 Å². The average Bonchev–Trinajstić information content (AvgIpc) is 3.40. The fraction of sp³-hybridized carbons (Fsp3) is 0.706. The Kier molecular flexibility index (Phi) is 55.8. The van der Waals surface area contributed by atoms with Crippen LogP contribution in [0.15, 0.2) is 109 Å². The van der Waals surface area contributed by atoms with Crippen LogP contribution in [0.4, 0.5) is 0 Å². The van der Waals surface area contributed by atoms with Crippen molar-refractivity contribution in [2.45, 2.75) is 264 Å². The molecule has 0 radical (unpaired) electrons. The van der Waals surface area contributed by atoms with E-state index in [1.807, 2.05) is 21.1 Å². The number of phosphoric ester groups is 1. The summed E-state index contributed by atoms with van der Waals surface area (Å²) in [6, 6.07) is 0. The molecule has 78 heavy (non-hydrogen) atoms. The molecule has 10 heteroatoms. The monoisotopic (exact) mass is 1110 g/mol. The summed E-state index contributed by atoms with van der Waals surface area (Å²) in [5.74, 6) is -0.796. The van der Waals surface area contributed by atoms with Gasteiger partial charge < -0.3 is 18.9 Å². The van der Waals surface area contributed by atoms with Gasteiger partial charge in [0.15, 0.2) is 6.10 Å². The van der Waals surface area contributed by atoms with E-state index in [1.165, 1.54) is 128 Å². The maximum atomic E-state index is 12.8. The highest BCUT2D eigenvalue weighted by Crippen LogP contribution is 2.43. The lowest BCUT2D eigenvalue weighted by Gasteiger charge is -2.24. The van der Waals surface area contributed by atoms with E-state index in [4.69, 9.17) is 18.5 Å². The van der Waals surface area contributed by atoms with Gasteiger partial charge in [0.2, 0.25) is 0 Å². The van der Waals surface area contributed by atoms with Crippen molar-refractivity contribution in [1.29, 1.82) is 0 Å². The van der Waals surface area contributed by atoms with Crippen molar-refractivity contribution in [2.75, 3.05) is 47.5 Å². The van der Waals surface area contributed by atoms with Crippen molar-refractivity contribution in [3.8, 4) is 0 Å². The topological polar surface area (TPSA) is 108 Å². The van der Waals surface area contributed by atoms with Crippen LogP contribution in [0.1, 0.15) is 258 Å². The lowest BCUT2D eigenvalue weighted by molar-refractivity contribution is -0.870. The summed E-state index contributed by atoms with van der Waals surface area (Å²) >= 11 is 0. The molecule has 2 atom stereocenters. The Hall–Kier alpha value is -3.33. The number of quaternary nitrogens is 1. The number of hydrogen-bond acceptors (Lipinski definition) is 7. The maximum Gasteiger partial charge on any atom is 0.472 e. The highest BCUT2D eigenvalue weighted by molar-refractivity contribution is 7.47. The number of phosphoric acid groups is 1. The summed E-state index contributed by atoms with van der Waals surface area (Å²) in [5.41, 5.74) is 0. The van der Waals surface area contributed by atoms with Crippen LogP contribution in [0.2, 0.25) is 0 Å². The molecule has 0 heterocycles. The molecule has 2 unspecified atom stereocenters. The number of rotatable bonds is 57. The molecule has 0 aliphatic carbocycles. The van der Waals surface area contributed by atoms with E-state index in [2.05, 4.69) is 123 Å². The fourth-order valence-corrected chi connectivity index (χ4v) is 9.22. The molecule has 0 spiro atoms. The zero-order valence-electron chi connectivity index (χ0n) is 50.9. The zero-order valence-corrected chi connectivity index (χ0v) is 51.8. The molecule has 448 valence electrons. The molecule has 0 rings (SSSR count). The van der Waals surface area contributed by atoms with Gasteiger partial charge in [-0.1, -0.05) is 271 Å². The average molecular weight is 1110 g/mol. The molecule has 0 aromatic heterocycles. The molecule has 0 aliphatic heterocycles. The number of allylic oxidation sites excluding steroid dienone is 18. The number of hydrogen-bond donors (Lipinski definition) is 1. The Morgan fingerprint density at radius 2 is 0.731 bits per heavy atom. The lowest BCUT2D eigenvalue weighted by Crippen LogP contribution is -2.37. The van der Waals surface area contributed by atoms with E-state index < -0.39 is 26.5 Å². The Morgan fingerprint density at radius 1 is 0.410 bits per heavy atom. The van der Waals surface area contributed by atoms with Crippen LogP contribution in [0.5, 0.6) is 0 Å². The van der Waals surface area contributed by atoms with E-state index in [0.29, 0.717) is 17.4 Å². The second-order valence-corrected chi connectivity index (χ2v) is 23.5. The first-order valence-corrected chi connectivity index (χ1v) is 33.1. The van der Waals surface area contributed by atoms with Gasteiger partial charge in [0, 0.05) is 12.8 Å². The number of esters is 2. The Balaban J connectivity index is 4.01. The number of ether oxygens (including phenoxy) is 2. The molecule has 0 saturated heterocycles. The van der Waals surface area contributed by atoms with Crippen LogP contribution < -0.4 is 0 Å². The van der Waals surface area contributed by atoms with Gasteiger partial charge in [-0.25, -0.2) is 4.57 Å². The van der Waals surface area contributed by atoms with Gasteiger partial charge in [0.05, 0.1) is 27.7 Å². The molecule has 0 bridgehead atoms. The molecule has 0 fully saturated rings. The minimum atomic E-state index is -4.39. The number of unbranched alkanes of at least 4 members (excludes halogenated alkanes) is 25.